The molecule has 0 unspecified atom stereocenters. The summed E-state index contributed by atoms with van der Waals surface area (Å²) in [5.41, 5.74) is 2.07. The van der Waals surface area contributed by atoms with Crippen molar-refractivity contribution < 1.29 is 9.59 Å². The van der Waals surface area contributed by atoms with Crippen molar-refractivity contribution in [3.8, 4) is 0 Å². The van der Waals surface area contributed by atoms with Crippen molar-refractivity contribution in [1.29, 1.82) is 0 Å². The van der Waals surface area contributed by atoms with Crippen LogP contribution in [0.4, 0.5) is 0 Å². The van der Waals surface area contributed by atoms with E-state index < -0.39 is 0 Å². The van der Waals surface area contributed by atoms with Crippen molar-refractivity contribution in [2.24, 2.45) is 11.8 Å². The average molecular weight is 442 g/mol. The van der Waals surface area contributed by atoms with E-state index in [1.165, 1.54) is 18.4 Å². The van der Waals surface area contributed by atoms with E-state index in [4.69, 9.17) is 0 Å². The Hall–Kier alpha value is -1.88. The van der Waals surface area contributed by atoms with Crippen LogP contribution in [-0.2, 0) is 10.2 Å². The van der Waals surface area contributed by atoms with E-state index in [9.17, 15) is 9.59 Å². The summed E-state index contributed by atoms with van der Waals surface area (Å²) in [5.74, 6) is 1.24. The van der Waals surface area contributed by atoms with E-state index in [-0.39, 0.29) is 23.3 Å². The number of nitrogens with one attached hydrogen (secondary N) is 1. The number of carbonyl (C=O) groups is 2. The lowest BCUT2D eigenvalue weighted by atomic mass is 9.86. The molecule has 1 aromatic carbocycles. The van der Waals surface area contributed by atoms with Gasteiger partial charge in [0.25, 0.3) is 5.91 Å². The Morgan fingerprint density at radius 2 is 1.62 bits per heavy atom. The highest BCUT2D eigenvalue weighted by atomic mass is 16.2. The third-order valence-corrected chi connectivity index (χ3v) is 7.43. The Kier molecular flexibility index (Phi) is 8.37. The van der Waals surface area contributed by atoms with Gasteiger partial charge < -0.3 is 10.2 Å². The van der Waals surface area contributed by atoms with Crippen LogP contribution in [0.25, 0.3) is 0 Å². The summed E-state index contributed by atoms with van der Waals surface area (Å²) in [6.07, 6.45) is 5.80. The molecule has 2 amide bonds. The molecule has 1 aromatic rings. The predicted octanol–water partition coefficient (Wildman–Crippen LogP) is 4.46. The van der Waals surface area contributed by atoms with Crippen LogP contribution in [0.1, 0.15) is 82.6 Å². The lowest BCUT2D eigenvalue weighted by molar-refractivity contribution is -0.129. The minimum absolute atomic E-state index is 0.0510. The molecule has 1 N–H and O–H groups in total. The van der Waals surface area contributed by atoms with Crippen LogP contribution >= 0.6 is 0 Å². The topological polar surface area (TPSA) is 52.7 Å². The second-order valence-electron chi connectivity index (χ2n) is 10.9. The first-order valence-corrected chi connectivity index (χ1v) is 12.6. The van der Waals surface area contributed by atoms with Gasteiger partial charge in [0.1, 0.15) is 0 Å². The largest absolute Gasteiger partial charge is 0.354 e. The van der Waals surface area contributed by atoms with Crippen molar-refractivity contribution in [2.45, 2.75) is 78.2 Å². The molecule has 2 fully saturated rings. The number of rotatable bonds is 7. The second-order valence-corrected chi connectivity index (χ2v) is 10.9. The third-order valence-electron chi connectivity index (χ3n) is 7.43. The zero-order valence-electron chi connectivity index (χ0n) is 20.8. The molecular weight excluding hydrogens is 398 g/mol. The van der Waals surface area contributed by atoms with Gasteiger partial charge in [-0.25, -0.2) is 0 Å². The molecule has 2 atom stereocenters. The van der Waals surface area contributed by atoms with Crippen LogP contribution in [0.5, 0.6) is 0 Å². The van der Waals surface area contributed by atoms with Gasteiger partial charge in [0, 0.05) is 38.3 Å². The summed E-state index contributed by atoms with van der Waals surface area (Å²) in [5, 5.41) is 3.22. The lowest BCUT2D eigenvalue weighted by Crippen LogP contribution is -2.58. The molecule has 0 bridgehead atoms. The first-order chi connectivity index (χ1) is 15.2. The molecule has 3 rings (SSSR count). The molecule has 178 valence electrons. The number of piperazine rings is 1. The van der Waals surface area contributed by atoms with Crippen LogP contribution < -0.4 is 5.32 Å². The van der Waals surface area contributed by atoms with Gasteiger partial charge in [0.15, 0.2) is 0 Å². The fraction of sp³-hybridized carbons (Fsp3) is 0.704. The molecule has 1 aliphatic carbocycles. The first kappa shape index (κ1) is 24.8. The molecule has 5 heteroatoms. The minimum Gasteiger partial charge on any atom is -0.354 e. The van der Waals surface area contributed by atoms with E-state index in [1.54, 1.807) is 0 Å². The number of amides is 2. The highest BCUT2D eigenvalue weighted by molar-refractivity contribution is 5.94. The Morgan fingerprint density at radius 1 is 1.03 bits per heavy atom. The molecule has 32 heavy (non-hydrogen) atoms. The Morgan fingerprint density at radius 3 is 2.16 bits per heavy atom. The number of benzene rings is 1. The standard InChI is InChI=1S/C27H43N3O2/c1-6-20(2)19-28-25(31)24(21-9-7-8-10-21)29-15-17-30(18-16-29)26(32)22-11-13-23(14-12-22)27(3,4)5/h11-14,20-21,24H,6-10,15-19H2,1-5H3,(H,28,31)/t20-,24-/m0/s1. The first-order valence-electron chi connectivity index (χ1n) is 12.6. The van der Waals surface area contributed by atoms with E-state index in [2.05, 4.69) is 57.0 Å². The molecular formula is C27H43N3O2. The number of nitrogens with zero attached hydrogens (tertiary/aromatic N) is 2. The van der Waals surface area contributed by atoms with Crippen LogP contribution in [0, 0.1) is 11.8 Å². The SMILES string of the molecule is CC[C@H](C)CNC(=O)[C@H](C1CCCC1)N1CCN(C(=O)c2ccc(C(C)(C)C)cc2)CC1. The fourth-order valence-corrected chi connectivity index (χ4v) is 4.97. The molecule has 0 aromatic heterocycles. The van der Waals surface area contributed by atoms with Crippen LogP contribution in [0.3, 0.4) is 0 Å². The quantitative estimate of drug-likeness (QED) is 0.680. The molecule has 1 saturated carbocycles. The summed E-state index contributed by atoms with van der Waals surface area (Å²) >= 11 is 0. The van der Waals surface area contributed by atoms with Crippen LogP contribution in [0.15, 0.2) is 24.3 Å². The van der Waals surface area contributed by atoms with Gasteiger partial charge in [-0.3, -0.25) is 14.5 Å². The highest BCUT2D eigenvalue weighted by Gasteiger charge is 2.37. The zero-order valence-corrected chi connectivity index (χ0v) is 20.8. The highest BCUT2D eigenvalue weighted by Crippen LogP contribution is 2.31. The molecule has 0 spiro atoms. The average Bonchev–Trinajstić information content (AvgIpc) is 3.31. The number of hydrogen-bond acceptors (Lipinski definition) is 3. The summed E-state index contributed by atoms with van der Waals surface area (Å²) in [6.45, 7) is 14.6. The Balaban J connectivity index is 1.61. The van der Waals surface area contributed by atoms with Crippen molar-refractivity contribution in [2.75, 3.05) is 32.7 Å². The minimum atomic E-state index is -0.0510. The second kappa shape index (κ2) is 10.8. The van der Waals surface area contributed by atoms with E-state index in [0.717, 1.165) is 44.5 Å². The van der Waals surface area contributed by atoms with Gasteiger partial charge in [-0.15, -0.1) is 0 Å². The van der Waals surface area contributed by atoms with Gasteiger partial charge in [-0.2, -0.15) is 0 Å². The lowest BCUT2D eigenvalue weighted by Gasteiger charge is -2.41. The molecule has 1 heterocycles. The number of carbonyl (C=O) groups excluding carboxylic acids is 2. The smallest absolute Gasteiger partial charge is 0.253 e. The van der Waals surface area contributed by atoms with Gasteiger partial charge in [0.05, 0.1) is 6.04 Å². The van der Waals surface area contributed by atoms with Gasteiger partial charge in [-0.1, -0.05) is 66.0 Å². The van der Waals surface area contributed by atoms with Crippen molar-refractivity contribution >= 4 is 11.8 Å². The number of hydrogen-bond donors (Lipinski definition) is 1. The maximum absolute atomic E-state index is 13.2. The molecule has 2 aliphatic rings. The van der Waals surface area contributed by atoms with Crippen molar-refractivity contribution in [3.63, 3.8) is 0 Å². The normalized spacial score (nSPS) is 20.2. The third kappa shape index (κ3) is 6.12. The zero-order chi connectivity index (χ0) is 23.3. The molecule has 1 aliphatic heterocycles. The van der Waals surface area contributed by atoms with Crippen molar-refractivity contribution in [3.05, 3.63) is 35.4 Å². The fourth-order valence-electron chi connectivity index (χ4n) is 4.97. The van der Waals surface area contributed by atoms with E-state index >= 15 is 0 Å². The maximum Gasteiger partial charge on any atom is 0.253 e. The van der Waals surface area contributed by atoms with Crippen LogP contribution in [-0.4, -0.2) is 60.4 Å². The predicted molar refractivity (Wildman–Crippen MR) is 131 cm³/mol. The van der Waals surface area contributed by atoms with Gasteiger partial charge in [-0.05, 0) is 47.8 Å². The Labute approximate surface area is 194 Å². The Bertz CT molecular complexity index is 754. The summed E-state index contributed by atoms with van der Waals surface area (Å²) in [4.78, 5) is 30.5. The van der Waals surface area contributed by atoms with Crippen molar-refractivity contribution in [1.82, 2.24) is 15.1 Å². The van der Waals surface area contributed by atoms with Crippen LogP contribution in [0.2, 0.25) is 0 Å². The van der Waals surface area contributed by atoms with E-state index in [1.807, 2.05) is 17.0 Å². The summed E-state index contributed by atoms with van der Waals surface area (Å²) in [7, 11) is 0. The van der Waals surface area contributed by atoms with Gasteiger partial charge >= 0.3 is 0 Å². The molecule has 1 saturated heterocycles. The monoisotopic (exact) mass is 441 g/mol. The molecule has 5 nitrogen and oxygen atoms in total. The maximum atomic E-state index is 13.2. The summed E-state index contributed by atoms with van der Waals surface area (Å²) in [6, 6.07) is 8.00. The summed E-state index contributed by atoms with van der Waals surface area (Å²) < 4.78 is 0. The van der Waals surface area contributed by atoms with E-state index in [0.29, 0.717) is 24.9 Å². The molecule has 0 radical (unpaired) electrons. The van der Waals surface area contributed by atoms with Gasteiger partial charge in [0.2, 0.25) is 5.91 Å².